The van der Waals surface area contributed by atoms with Crippen LogP contribution in [0.1, 0.15) is 0 Å². The predicted octanol–water partition coefficient (Wildman–Crippen LogP) is 1.11. The van der Waals surface area contributed by atoms with E-state index in [-0.39, 0.29) is 11.6 Å². The summed E-state index contributed by atoms with van der Waals surface area (Å²) in [5.74, 6) is -0.429. The van der Waals surface area contributed by atoms with Crippen LogP contribution in [0, 0.1) is 0 Å². The molecule has 0 saturated heterocycles. The summed E-state index contributed by atoms with van der Waals surface area (Å²) in [4.78, 5) is 4.89. The molecule has 1 heterocycles. The summed E-state index contributed by atoms with van der Waals surface area (Å²) in [7, 11) is 1.42. The Balaban J connectivity index is 2.90. The van der Waals surface area contributed by atoms with E-state index in [1.54, 1.807) is 24.3 Å². The van der Waals surface area contributed by atoms with Crippen LogP contribution in [0.4, 0.5) is 0 Å². The predicted molar refractivity (Wildman–Crippen MR) is 47.8 cm³/mol. The summed E-state index contributed by atoms with van der Waals surface area (Å²) in [5.41, 5.74) is 0.639. The molecule has 4 heteroatoms. The highest BCUT2D eigenvalue weighted by molar-refractivity contribution is 5.89. The second-order valence-electron chi connectivity index (χ2n) is 2.67. The Morgan fingerprint density at radius 2 is 1.92 bits per heavy atom. The first kappa shape index (κ1) is 7.79. The largest absolute Gasteiger partial charge is 0.503 e. The molecule has 0 spiro atoms. The van der Waals surface area contributed by atoms with Crippen LogP contribution in [0.2, 0.25) is 0 Å². The lowest BCUT2D eigenvalue weighted by atomic mass is 10.2. The standard InChI is InChI=1S/C9H9NO3/c1-13-10-7-5-3-2-4-6(7)8(11)9(10)12/h2-5,11-12H,1H3. The van der Waals surface area contributed by atoms with Crippen LogP contribution in [0.15, 0.2) is 24.3 Å². The first-order valence-electron chi connectivity index (χ1n) is 3.81. The van der Waals surface area contributed by atoms with Crippen LogP contribution >= 0.6 is 0 Å². The van der Waals surface area contributed by atoms with E-state index in [1.165, 1.54) is 11.8 Å². The summed E-state index contributed by atoms with van der Waals surface area (Å²) in [6.07, 6.45) is 0. The van der Waals surface area contributed by atoms with Crippen LogP contribution in [-0.4, -0.2) is 22.1 Å². The molecule has 0 aliphatic rings. The van der Waals surface area contributed by atoms with Crippen molar-refractivity contribution in [3.63, 3.8) is 0 Å². The molecule has 0 fully saturated rings. The SMILES string of the molecule is COn1c(O)c(O)c2ccccc21. The van der Waals surface area contributed by atoms with Crippen molar-refractivity contribution < 1.29 is 15.1 Å². The molecule has 0 aliphatic heterocycles. The average molecular weight is 179 g/mol. The zero-order valence-corrected chi connectivity index (χ0v) is 7.06. The lowest BCUT2D eigenvalue weighted by molar-refractivity contribution is 0.149. The molecule has 0 bridgehead atoms. The summed E-state index contributed by atoms with van der Waals surface area (Å²) in [6.45, 7) is 0. The van der Waals surface area contributed by atoms with Crippen molar-refractivity contribution in [1.29, 1.82) is 0 Å². The Hall–Kier alpha value is -1.84. The van der Waals surface area contributed by atoms with Gasteiger partial charge in [0.15, 0.2) is 5.75 Å². The molecule has 13 heavy (non-hydrogen) atoms. The second-order valence-corrected chi connectivity index (χ2v) is 2.67. The highest BCUT2D eigenvalue weighted by Crippen LogP contribution is 2.35. The molecule has 0 amide bonds. The molecule has 0 saturated carbocycles. The van der Waals surface area contributed by atoms with E-state index >= 15 is 0 Å². The highest BCUT2D eigenvalue weighted by atomic mass is 16.7. The first-order valence-corrected chi connectivity index (χ1v) is 3.81. The number of nitrogens with zero attached hydrogens (tertiary/aromatic N) is 1. The zero-order valence-electron chi connectivity index (χ0n) is 7.06. The normalized spacial score (nSPS) is 10.5. The number of hydrogen-bond acceptors (Lipinski definition) is 3. The molecule has 68 valence electrons. The van der Waals surface area contributed by atoms with Gasteiger partial charge in [0.1, 0.15) is 7.11 Å². The lowest BCUT2D eigenvalue weighted by Crippen LogP contribution is -2.03. The Morgan fingerprint density at radius 3 is 2.62 bits per heavy atom. The average Bonchev–Trinajstić information content (AvgIpc) is 2.41. The van der Waals surface area contributed by atoms with Gasteiger partial charge in [-0.3, -0.25) is 0 Å². The first-order chi connectivity index (χ1) is 6.25. The summed E-state index contributed by atoms with van der Waals surface area (Å²) in [6, 6.07) is 7.04. The van der Waals surface area contributed by atoms with E-state index in [2.05, 4.69) is 0 Å². The third kappa shape index (κ3) is 0.917. The van der Waals surface area contributed by atoms with Crippen molar-refractivity contribution in [3.8, 4) is 11.6 Å². The minimum Gasteiger partial charge on any atom is -0.503 e. The number of para-hydroxylation sites is 1. The zero-order chi connectivity index (χ0) is 9.42. The number of aromatic nitrogens is 1. The minimum atomic E-state index is -0.274. The Bertz CT molecular complexity index is 447. The number of benzene rings is 1. The second kappa shape index (κ2) is 2.58. The van der Waals surface area contributed by atoms with Gasteiger partial charge in [0, 0.05) is 5.39 Å². The Labute approximate surface area is 74.6 Å². The van der Waals surface area contributed by atoms with Gasteiger partial charge in [-0.1, -0.05) is 12.1 Å². The van der Waals surface area contributed by atoms with Crippen molar-refractivity contribution in [1.82, 2.24) is 4.73 Å². The van der Waals surface area contributed by atoms with Gasteiger partial charge in [0.2, 0.25) is 0 Å². The monoisotopic (exact) mass is 179 g/mol. The van der Waals surface area contributed by atoms with Crippen LogP contribution in [-0.2, 0) is 0 Å². The lowest BCUT2D eigenvalue weighted by Gasteiger charge is -2.01. The molecule has 2 N–H and O–H groups in total. The number of hydrogen-bond donors (Lipinski definition) is 2. The van der Waals surface area contributed by atoms with E-state index in [0.717, 1.165) is 0 Å². The fourth-order valence-corrected chi connectivity index (χ4v) is 1.37. The topological polar surface area (TPSA) is 54.6 Å². The number of rotatable bonds is 1. The van der Waals surface area contributed by atoms with E-state index in [1.807, 2.05) is 0 Å². The van der Waals surface area contributed by atoms with Gasteiger partial charge in [-0.15, -0.1) is 4.73 Å². The number of aromatic hydroxyl groups is 2. The summed E-state index contributed by atoms with van der Waals surface area (Å²) < 4.78 is 1.17. The molecule has 2 aromatic rings. The van der Waals surface area contributed by atoms with Gasteiger partial charge >= 0.3 is 0 Å². The minimum absolute atomic E-state index is 0.155. The van der Waals surface area contributed by atoms with Crippen molar-refractivity contribution in [2.45, 2.75) is 0 Å². The highest BCUT2D eigenvalue weighted by Gasteiger charge is 2.14. The molecule has 4 nitrogen and oxygen atoms in total. The molecule has 0 radical (unpaired) electrons. The van der Waals surface area contributed by atoms with Crippen molar-refractivity contribution in [3.05, 3.63) is 24.3 Å². The Kier molecular flexibility index (Phi) is 1.55. The molecule has 0 unspecified atom stereocenters. The fraction of sp³-hybridized carbons (Fsp3) is 0.111. The maximum atomic E-state index is 9.46. The van der Waals surface area contributed by atoms with Crippen molar-refractivity contribution >= 4 is 10.9 Å². The molecule has 1 aromatic carbocycles. The van der Waals surface area contributed by atoms with E-state index < -0.39 is 0 Å². The third-order valence-electron chi connectivity index (χ3n) is 1.96. The van der Waals surface area contributed by atoms with E-state index in [0.29, 0.717) is 10.9 Å². The summed E-state index contributed by atoms with van der Waals surface area (Å²) >= 11 is 0. The fourth-order valence-electron chi connectivity index (χ4n) is 1.37. The van der Waals surface area contributed by atoms with Gasteiger partial charge in [0.05, 0.1) is 5.52 Å². The molecular weight excluding hydrogens is 170 g/mol. The molecule has 2 rings (SSSR count). The van der Waals surface area contributed by atoms with Gasteiger partial charge in [-0.05, 0) is 12.1 Å². The van der Waals surface area contributed by atoms with Crippen molar-refractivity contribution in [2.24, 2.45) is 0 Å². The van der Waals surface area contributed by atoms with Crippen LogP contribution in [0.5, 0.6) is 11.6 Å². The van der Waals surface area contributed by atoms with Crippen LogP contribution in [0.3, 0.4) is 0 Å². The maximum Gasteiger partial charge on any atom is 0.269 e. The smallest absolute Gasteiger partial charge is 0.269 e. The van der Waals surface area contributed by atoms with Gasteiger partial charge in [0.25, 0.3) is 5.88 Å². The summed E-state index contributed by atoms with van der Waals surface area (Å²) in [5, 5.41) is 19.4. The quantitative estimate of drug-likeness (QED) is 0.689. The van der Waals surface area contributed by atoms with Gasteiger partial charge < -0.3 is 15.1 Å². The van der Waals surface area contributed by atoms with Crippen LogP contribution in [0.25, 0.3) is 10.9 Å². The van der Waals surface area contributed by atoms with E-state index in [9.17, 15) is 10.2 Å². The van der Waals surface area contributed by atoms with Crippen LogP contribution < -0.4 is 4.84 Å². The molecule has 1 aromatic heterocycles. The van der Waals surface area contributed by atoms with Crippen molar-refractivity contribution in [2.75, 3.05) is 7.11 Å². The number of fused-ring (bicyclic) bond motifs is 1. The van der Waals surface area contributed by atoms with Gasteiger partial charge in [-0.25, -0.2) is 0 Å². The molecule has 0 aliphatic carbocycles. The van der Waals surface area contributed by atoms with Gasteiger partial charge in [-0.2, -0.15) is 0 Å². The van der Waals surface area contributed by atoms with E-state index in [4.69, 9.17) is 4.84 Å². The third-order valence-corrected chi connectivity index (χ3v) is 1.96. The molecular formula is C9H9NO3. The molecule has 0 atom stereocenters. The Morgan fingerprint density at radius 1 is 1.23 bits per heavy atom. The maximum absolute atomic E-state index is 9.46.